The van der Waals surface area contributed by atoms with Gasteiger partial charge in [0.2, 0.25) is 6.39 Å². The second-order valence-corrected chi connectivity index (χ2v) is 5.83. The number of nitrogens with one attached hydrogen (secondary N) is 2. The van der Waals surface area contributed by atoms with Crippen molar-refractivity contribution >= 4 is 16.6 Å². The van der Waals surface area contributed by atoms with Gasteiger partial charge >= 0.3 is 0 Å². The number of aryl methyl sites for hydroxylation is 1. The normalized spacial score (nSPS) is 15.9. The van der Waals surface area contributed by atoms with Crippen LogP contribution in [0.3, 0.4) is 0 Å². The van der Waals surface area contributed by atoms with E-state index < -0.39 is 0 Å². The highest BCUT2D eigenvalue weighted by Gasteiger charge is 2.17. The molecule has 0 atom stereocenters. The van der Waals surface area contributed by atoms with E-state index in [2.05, 4.69) is 45.6 Å². The van der Waals surface area contributed by atoms with E-state index in [9.17, 15) is 0 Å². The van der Waals surface area contributed by atoms with Gasteiger partial charge in [0.05, 0.1) is 11.2 Å². The Bertz CT molecular complexity index is 754. The molecule has 5 nitrogen and oxygen atoms in total. The van der Waals surface area contributed by atoms with Gasteiger partial charge in [0.15, 0.2) is 0 Å². The van der Waals surface area contributed by atoms with Gasteiger partial charge in [-0.1, -0.05) is 12.8 Å². The van der Waals surface area contributed by atoms with Gasteiger partial charge in [-0.3, -0.25) is 0 Å². The first-order valence-electron chi connectivity index (χ1n) is 7.46. The fourth-order valence-corrected chi connectivity index (χ4v) is 3.20. The van der Waals surface area contributed by atoms with Crippen LogP contribution in [0.15, 0.2) is 29.0 Å². The molecule has 0 spiro atoms. The molecule has 0 bridgehead atoms. The Balaban J connectivity index is 1.78. The SMILES string of the molecule is Cc1cc(NC2CCCC2)c2[nH]c(-c3nnco3)cc2c1. The van der Waals surface area contributed by atoms with Crippen LogP contribution in [0.25, 0.3) is 22.5 Å². The van der Waals surface area contributed by atoms with Gasteiger partial charge in [-0.05, 0) is 43.5 Å². The maximum atomic E-state index is 5.28. The summed E-state index contributed by atoms with van der Waals surface area (Å²) in [5, 5.41) is 12.6. The zero-order valence-corrected chi connectivity index (χ0v) is 12.0. The molecule has 0 unspecified atom stereocenters. The summed E-state index contributed by atoms with van der Waals surface area (Å²) in [4.78, 5) is 3.41. The number of benzene rings is 1. The van der Waals surface area contributed by atoms with Crippen LogP contribution in [0, 0.1) is 6.92 Å². The molecule has 3 aromatic rings. The minimum atomic E-state index is 0.524. The number of hydrogen-bond acceptors (Lipinski definition) is 4. The molecule has 0 aliphatic heterocycles. The molecule has 0 radical (unpaired) electrons. The number of nitrogens with zero attached hydrogens (tertiary/aromatic N) is 2. The van der Waals surface area contributed by atoms with E-state index in [0.717, 1.165) is 11.2 Å². The molecule has 0 amide bonds. The number of hydrogen-bond donors (Lipinski definition) is 2. The van der Waals surface area contributed by atoms with Crippen molar-refractivity contribution in [3.63, 3.8) is 0 Å². The average Bonchev–Trinajstić information content (AvgIpc) is 3.19. The van der Waals surface area contributed by atoms with E-state index in [4.69, 9.17) is 4.42 Å². The fraction of sp³-hybridized carbons (Fsp3) is 0.375. The standard InChI is InChI=1S/C16H18N4O/c1-10-6-11-8-14(16-20-17-9-21-16)19-15(11)13(7-10)18-12-4-2-3-5-12/h6-9,12,18-19H,2-5H2,1H3. The molecule has 1 aliphatic rings. The maximum Gasteiger partial charge on any atom is 0.263 e. The first kappa shape index (κ1) is 12.4. The summed E-state index contributed by atoms with van der Waals surface area (Å²) < 4.78 is 5.28. The molecule has 0 saturated heterocycles. The van der Waals surface area contributed by atoms with Crippen molar-refractivity contribution in [2.24, 2.45) is 0 Å². The lowest BCUT2D eigenvalue weighted by Gasteiger charge is -2.15. The second-order valence-electron chi connectivity index (χ2n) is 5.83. The number of rotatable bonds is 3. The summed E-state index contributed by atoms with van der Waals surface area (Å²) >= 11 is 0. The summed E-state index contributed by atoms with van der Waals surface area (Å²) in [6, 6.07) is 7.03. The van der Waals surface area contributed by atoms with Crippen LogP contribution in [-0.4, -0.2) is 21.2 Å². The lowest BCUT2D eigenvalue weighted by atomic mass is 10.1. The van der Waals surface area contributed by atoms with E-state index in [1.807, 2.05) is 0 Å². The van der Waals surface area contributed by atoms with Crippen LogP contribution in [0.5, 0.6) is 0 Å². The van der Waals surface area contributed by atoms with Gasteiger partial charge in [0.1, 0.15) is 5.69 Å². The second kappa shape index (κ2) is 4.91. The van der Waals surface area contributed by atoms with Crippen molar-refractivity contribution in [3.8, 4) is 11.6 Å². The van der Waals surface area contributed by atoms with Crippen LogP contribution in [-0.2, 0) is 0 Å². The molecule has 108 valence electrons. The van der Waals surface area contributed by atoms with Crippen LogP contribution >= 0.6 is 0 Å². The highest BCUT2D eigenvalue weighted by molar-refractivity contribution is 5.95. The van der Waals surface area contributed by atoms with Crippen molar-refractivity contribution in [1.82, 2.24) is 15.2 Å². The van der Waals surface area contributed by atoms with Crippen LogP contribution in [0.1, 0.15) is 31.2 Å². The molecule has 5 heteroatoms. The molecule has 2 aromatic heterocycles. The Labute approximate surface area is 122 Å². The topological polar surface area (TPSA) is 66.7 Å². The van der Waals surface area contributed by atoms with E-state index in [1.54, 1.807) is 0 Å². The largest absolute Gasteiger partial charge is 0.422 e. The summed E-state index contributed by atoms with van der Waals surface area (Å²) in [5.41, 5.74) is 4.39. The molecule has 1 aliphatic carbocycles. The maximum absolute atomic E-state index is 5.28. The van der Waals surface area contributed by atoms with Crippen molar-refractivity contribution in [2.45, 2.75) is 38.6 Å². The molecule has 21 heavy (non-hydrogen) atoms. The number of H-pyrrole nitrogens is 1. The molecule has 4 rings (SSSR count). The van der Waals surface area contributed by atoms with Crippen molar-refractivity contribution < 1.29 is 4.42 Å². The predicted octanol–water partition coefficient (Wildman–Crippen LogP) is 3.88. The molecule has 2 N–H and O–H groups in total. The minimum Gasteiger partial charge on any atom is -0.422 e. The molecule has 1 aromatic carbocycles. The predicted molar refractivity (Wildman–Crippen MR) is 82.2 cm³/mol. The summed E-state index contributed by atoms with van der Waals surface area (Å²) in [5.74, 6) is 0.524. The first-order chi connectivity index (χ1) is 10.3. The smallest absolute Gasteiger partial charge is 0.263 e. The molecular weight excluding hydrogens is 264 g/mol. The Morgan fingerprint density at radius 1 is 1.24 bits per heavy atom. The number of fused-ring (bicyclic) bond motifs is 1. The number of aromatic amines is 1. The number of aromatic nitrogens is 3. The number of anilines is 1. The van der Waals surface area contributed by atoms with Crippen LogP contribution < -0.4 is 5.32 Å². The monoisotopic (exact) mass is 282 g/mol. The van der Waals surface area contributed by atoms with Gasteiger partial charge in [-0.25, -0.2) is 0 Å². The fourth-order valence-electron chi connectivity index (χ4n) is 3.20. The van der Waals surface area contributed by atoms with E-state index in [1.165, 1.54) is 48.7 Å². The highest BCUT2D eigenvalue weighted by atomic mass is 16.4. The van der Waals surface area contributed by atoms with Crippen molar-refractivity contribution in [2.75, 3.05) is 5.32 Å². The van der Waals surface area contributed by atoms with Gasteiger partial charge in [-0.15, -0.1) is 10.2 Å². The van der Waals surface area contributed by atoms with Crippen molar-refractivity contribution in [3.05, 3.63) is 30.2 Å². The first-order valence-corrected chi connectivity index (χ1v) is 7.46. The average molecular weight is 282 g/mol. The molecule has 2 heterocycles. The Hall–Kier alpha value is -2.30. The summed E-state index contributed by atoms with van der Waals surface area (Å²) in [7, 11) is 0. The third-order valence-electron chi connectivity index (χ3n) is 4.18. The van der Waals surface area contributed by atoms with Gasteiger partial charge in [0.25, 0.3) is 5.89 Å². The quantitative estimate of drug-likeness (QED) is 0.765. The Kier molecular flexibility index (Phi) is 2.91. The third kappa shape index (κ3) is 2.28. The van der Waals surface area contributed by atoms with E-state index in [0.29, 0.717) is 11.9 Å². The summed E-state index contributed by atoms with van der Waals surface area (Å²) in [6.07, 6.45) is 6.51. The minimum absolute atomic E-state index is 0.524. The zero-order chi connectivity index (χ0) is 14.2. The summed E-state index contributed by atoms with van der Waals surface area (Å²) in [6.45, 7) is 2.12. The van der Waals surface area contributed by atoms with E-state index in [-0.39, 0.29) is 0 Å². The Morgan fingerprint density at radius 2 is 2.10 bits per heavy atom. The lowest BCUT2D eigenvalue weighted by molar-refractivity contribution is 0.567. The Morgan fingerprint density at radius 3 is 2.86 bits per heavy atom. The van der Waals surface area contributed by atoms with Crippen LogP contribution in [0.4, 0.5) is 5.69 Å². The van der Waals surface area contributed by atoms with Crippen molar-refractivity contribution in [1.29, 1.82) is 0 Å². The molecule has 1 fully saturated rings. The van der Waals surface area contributed by atoms with Gasteiger partial charge < -0.3 is 14.7 Å². The lowest BCUT2D eigenvalue weighted by Crippen LogP contribution is -2.14. The van der Waals surface area contributed by atoms with Gasteiger partial charge in [-0.2, -0.15) is 0 Å². The zero-order valence-electron chi connectivity index (χ0n) is 12.0. The highest BCUT2D eigenvalue weighted by Crippen LogP contribution is 2.31. The molecule has 1 saturated carbocycles. The van der Waals surface area contributed by atoms with E-state index >= 15 is 0 Å². The van der Waals surface area contributed by atoms with Gasteiger partial charge in [0, 0.05) is 11.4 Å². The third-order valence-corrected chi connectivity index (χ3v) is 4.18. The molecular formula is C16H18N4O. The van der Waals surface area contributed by atoms with Crippen LogP contribution in [0.2, 0.25) is 0 Å².